The van der Waals surface area contributed by atoms with E-state index < -0.39 is 0 Å². The van der Waals surface area contributed by atoms with Gasteiger partial charge >= 0.3 is 0 Å². The molecule has 0 saturated carbocycles. The van der Waals surface area contributed by atoms with Crippen molar-refractivity contribution in [2.75, 3.05) is 33.3 Å². The van der Waals surface area contributed by atoms with Crippen molar-refractivity contribution < 1.29 is 4.74 Å². The van der Waals surface area contributed by atoms with E-state index in [1.54, 1.807) is 11.8 Å². The zero-order valence-corrected chi connectivity index (χ0v) is 11.6. The Labute approximate surface area is 118 Å². The van der Waals surface area contributed by atoms with Crippen LogP contribution in [0.1, 0.15) is 5.69 Å². The summed E-state index contributed by atoms with van der Waals surface area (Å²) in [4.78, 5) is 2.39. The molecule has 1 aromatic carbocycles. The molecule has 1 aliphatic heterocycles. The van der Waals surface area contributed by atoms with Crippen molar-refractivity contribution in [1.29, 1.82) is 0 Å². The first-order valence-electron chi connectivity index (χ1n) is 6.84. The van der Waals surface area contributed by atoms with Crippen LogP contribution in [0.25, 0.3) is 5.69 Å². The summed E-state index contributed by atoms with van der Waals surface area (Å²) in [6.07, 6.45) is 1.98. The number of piperazine rings is 1. The molecule has 20 heavy (non-hydrogen) atoms. The standard InChI is InChI=1S/C14H19N5O/c1-20-14-4-2-3-13(9-14)19-11-12(16-17-19)10-18-7-5-15-6-8-18/h2-4,9,11,15H,5-8,10H2,1H3. The van der Waals surface area contributed by atoms with Gasteiger partial charge in [0.2, 0.25) is 0 Å². The van der Waals surface area contributed by atoms with E-state index in [0.717, 1.165) is 49.9 Å². The van der Waals surface area contributed by atoms with E-state index in [2.05, 4.69) is 20.5 Å². The van der Waals surface area contributed by atoms with Crippen LogP contribution >= 0.6 is 0 Å². The summed E-state index contributed by atoms with van der Waals surface area (Å²) in [6, 6.07) is 7.81. The number of benzene rings is 1. The molecule has 0 bridgehead atoms. The van der Waals surface area contributed by atoms with Crippen LogP contribution in [0.3, 0.4) is 0 Å². The largest absolute Gasteiger partial charge is 0.497 e. The highest BCUT2D eigenvalue weighted by atomic mass is 16.5. The van der Waals surface area contributed by atoms with Crippen molar-refractivity contribution in [2.45, 2.75) is 6.54 Å². The van der Waals surface area contributed by atoms with Crippen LogP contribution in [-0.2, 0) is 6.54 Å². The van der Waals surface area contributed by atoms with Gasteiger partial charge in [-0.3, -0.25) is 4.90 Å². The lowest BCUT2D eigenvalue weighted by atomic mass is 10.3. The second-order valence-electron chi connectivity index (χ2n) is 4.88. The van der Waals surface area contributed by atoms with Crippen molar-refractivity contribution in [3.8, 4) is 11.4 Å². The average Bonchev–Trinajstić information content (AvgIpc) is 2.97. The SMILES string of the molecule is COc1cccc(-n2cc(CN3CCNCC3)nn2)c1. The van der Waals surface area contributed by atoms with Crippen molar-refractivity contribution in [1.82, 2.24) is 25.2 Å². The third-order valence-corrected chi connectivity index (χ3v) is 3.45. The van der Waals surface area contributed by atoms with Crippen LogP contribution in [0, 0.1) is 0 Å². The minimum absolute atomic E-state index is 0.821. The minimum atomic E-state index is 0.821. The van der Waals surface area contributed by atoms with Crippen LogP contribution in [0.2, 0.25) is 0 Å². The third kappa shape index (κ3) is 2.97. The van der Waals surface area contributed by atoms with Crippen LogP contribution in [0.5, 0.6) is 5.75 Å². The molecule has 1 saturated heterocycles. The van der Waals surface area contributed by atoms with Crippen LogP contribution in [-0.4, -0.2) is 53.2 Å². The van der Waals surface area contributed by atoms with Crippen molar-refractivity contribution in [3.05, 3.63) is 36.2 Å². The van der Waals surface area contributed by atoms with Gasteiger partial charge in [-0.15, -0.1) is 5.10 Å². The summed E-state index contributed by atoms with van der Waals surface area (Å²) < 4.78 is 7.02. The Balaban J connectivity index is 1.72. The summed E-state index contributed by atoms with van der Waals surface area (Å²) in [5, 5.41) is 11.8. The molecule has 3 rings (SSSR count). The number of hydrogen-bond acceptors (Lipinski definition) is 5. The van der Waals surface area contributed by atoms with E-state index in [9.17, 15) is 0 Å². The molecule has 1 N–H and O–H groups in total. The van der Waals surface area contributed by atoms with Gasteiger partial charge in [-0.1, -0.05) is 11.3 Å². The molecule has 1 aliphatic rings. The summed E-state index contributed by atoms with van der Waals surface area (Å²) in [5.41, 5.74) is 1.96. The van der Waals surface area contributed by atoms with E-state index in [-0.39, 0.29) is 0 Å². The van der Waals surface area contributed by atoms with Gasteiger partial charge in [-0.2, -0.15) is 0 Å². The Kier molecular flexibility index (Phi) is 3.94. The van der Waals surface area contributed by atoms with Crippen LogP contribution < -0.4 is 10.1 Å². The Morgan fingerprint density at radius 2 is 2.15 bits per heavy atom. The molecule has 0 aliphatic carbocycles. The molecule has 1 fully saturated rings. The quantitative estimate of drug-likeness (QED) is 0.888. The number of nitrogens with zero attached hydrogens (tertiary/aromatic N) is 4. The lowest BCUT2D eigenvalue weighted by molar-refractivity contribution is 0.230. The van der Waals surface area contributed by atoms with Crippen molar-refractivity contribution in [3.63, 3.8) is 0 Å². The molecule has 0 radical (unpaired) electrons. The second-order valence-corrected chi connectivity index (χ2v) is 4.88. The molecule has 0 unspecified atom stereocenters. The summed E-state index contributed by atoms with van der Waals surface area (Å²) in [5.74, 6) is 0.821. The number of hydrogen-bond donors (Lipinski definition) is 1. The molecular weight excluding hydrogens is 254 g/mol. The van der Waals surface area contributed by atoms with Crippen LogP contribution in [0.15, 0.2) is 30.5 Å². The fourth-order valence-electron chi connectivity index (χ4n) is 2.35. The normalized spacial score (nSPS) is 16.2. The third-order valence-electron chi connectivity index (χ3n) is 3.45. The molecule has 6 nitrogen and oxygen atoms in total. The monoisotopic (exact) mass is 273 g/mol. The first-order valence-corrected chi connectivity index (χ1v) is 6.84. The maximum Gasteiger partial charge on any atom is 0.121 e. The lowest BCUT2D eigenvalue weighted by Gasteiger charge is -2.25. The van der Waals surface area contributed by atoms with E-state index in [4.69, 9.17) is 4.74 Å². The van der Waals surface area contributed by atoms with Gasteiger partial charge in [0.1, 0.15) is 5.75 Å². The van der Waals surface area contributed by atoms with Gasteiger partial charge in [-0.25, -0.2) is 4.68 Å². The maximum absolute atomic E-state index is 5.23. The minimum Gasteiger partial charge on any atom is -0.497 e. The van der Waals surface area contributed by atoms with Gasteiger partial charge in [0.05, 0.1) is 24.7 Å². The predicted octanol–water partition coefficient (Wildman–Crippen LogP) is 0.681. The van der Waals surface area contributed by atoms with Crippen LogP contribution in [0.4, 0.5) is 0 Å². The Bertz CT molecular complexity index is 562. The smallest absolute Gasteiger partial charge is 0.121 e. The number of ether oxygens (including phenoxy) is 1. The molecule has 2 aromatic rings. The first kappa shape index (κ1) is 13.1. The van der Waals surface area contributed by atoms with E-state index in [1.165, 1.54) is 0 Å². The fraction of sp³-hybridized carbons (Fsp3) is 0.429. The number of rotatable bonds is 4. The van der Waals surface area contributed by atoms with Gasteiger partial charge in [-0.05, 0) is 12.1 Å². The Morgan fingerprint density at radius 1 is 1.30 bits per heavy atom. The van der Waals surface area contributed by atoms with Gasteiger partial charge in [0, 0.05) is 38.8 Å². The van der Waals surface area contributed by atoms with Crippen molar-refractivity contribution >= 4 is 0 Å². The Hall–Kier alpha value is -1.92. The molecule has 106 valence electrons. The predicted molar refractivity (Wildman–Crippen MR) is 76.1 cm³/mol. The molecule has 0 atom stereocenters. The van der Waals surface area contributed by atoms with Gasteiger partial charge in [0.15, 0.2) is 0 Å². The molecule has 6 heteroatoms. The topological polar surface area (TPSA) is 55.2 Å². The van der Waals surface area contributed by atoms with Gasteiger partial charge < -0.3 is 10.1 Å². The van der Waals surface area contributed by atoms with Gasteiger partial charge in [0.25, 0.3) is 0 Å². The fourth-order valence-corrected chi connectivity index (χ4v) is 2.35. The first-order chi connectivity index (χ1) is 9.85. The summed E-state index contributed by atoms with van der Waals surface area (Å²) in [6.45, 7) is 5.07. The van der Waals surface area contributed by atoms with E-state index >= 15 is 0 Å². The number of aromatic nitrogens is 3. The van der Waals surface area contributed by atoms with Crippen molar-refractivity contribution in [2.24, 2.45) is 0 Å². The summed E-state index contributed by atoms with van der Waals surface area (Å²) in [7, 11) is 1.66. The molecule has 0 spiro atoms. The van der Waals surface area contributed by atoms with E-state index in [1.807, 2.05) is 30.5 Å². The molecule has 2 heterocycles. The zero-order chi connectivity index (χ0) is 13.8. The molecule has 0 amide bonds. The van der Waals surface area contributed by atoms with E-state index in [0.29, 0.717) is 0 Å². The second kappa shape index (κ2) is 6.02. The lowest BCUT2D eigenvalue weighted by Crippen LogP contribution is -2.42. The highest BCUT2D eigenvalue weighted by Crippen LogP contribution is 2.16. The highest BCUT2D eigenvalue weighted by Gasteiger charge is 2.12. The molecule has 1 aromatic heterocycles. The number of nitrogens with one attached hydrogen (secondary N) is 1. The zero-order valence-electron chi connectivity index (χ0n) is 11.6. The highest BCUT2D eigenvalue weighted by molar-refractivity contribution is 5.38. The summed E-state index contributed by atoms with van der Waals surface area (Å²) >= 11 is 0. The molecular formula is C14H19N5O. The average molecular weight is 273 g/mol. The Morgan fingerprint density at radius 3 is 2.95 bits per heavy atom. The maximum atomic E-state index is 5.23. The number of methoxy groups -OCH3 is 1.